The fourth-order valence-corrected chi connectivity index (χ4v) is 2.29. The summed E-state index contributed by atoms with van der Waals surface area (Å²) in [5.41, 5.74) is 0. The van der Waals surface area contributed by atoms with E-state index in [1.54, 1.807) is 0 Å². The number of likely N-dealkylation sites (N-methyl/N-ethyl adjacent to an activating group) is 1. The first-order valence-corrected chi connectivity index (χ1v) is 7.28. The molecule has 1 saturated heterocycles. The van der Waals surface area contributed by atoms with Crippen molar-refractivity contribution in [3.8, 4) is 0 Å². The lowest BCUT2D eigenvalue weighted by Gasteiger charge is -2.33. The summed E-state index contributed by atoms with van der Waals surface area (Å²) in [6, 6.07) is 0.768. The normalized spacial score (nSPS) is 22.2. The van der Waals surface area contributed by atoms with Crippen LogP contribution in [0.1, 0.15) is 40.5 Å². The van der Waals surface area contributed by atoms with E-state index in [4.69, 9.17) is 0 Å². The number of carbonyl (C=O) groups is 1. The average molecular weight is 255 g/mol. The van der Waals surface area contributed by atoms with Gasteiger partial charge in [0.05, 0.1) is 6.54 Å². The molecule has 18 heavy (non-hydrogen) atoms. The van der Waals surface area contributed by atoms with Gasteiger partial charge < -0.3 is 10.6 Å². The van der Waals surface area contributed by atoms with E-state index in [0.717, 1.165) is 19.6 Å². The van der Waals surface area contributed by atoms with E-state index in [1.807, 2.05) is 0 Å². The second-order valence-corrected chi connectivity index (χ2v) is 5.66. The van der Waals surface area contributed by atoms with Gasteiger partial charge in [0.25, 0.3) is 0 Å². The first-order chi connectivity index (χ1) is 8.54. The van der Waals surface area contributed by atoms with Crippen molar-refractivity contribution in [2.24, 2.45) is 5.92 Å². The molecule has 0 aromatic heterocycles. The third-order valence-electron chi connectivity index (χ3n) is 3.93. The topological polar surface area (TPSA) is 44.4 Å². The van der Waals surface area contributed by atoms with Gasteiger partial charge in [-0.05, 0) is 38.8 Å². The summed E-state index contributed by atoms with van der Waals surface area (Å²) in [7, 11) is 0. The molecule has 1 aliphatic heterocycles. The molecule has 0 aromatic rings. The first-order valence-electron chi connectivity index (χ1n) is 7.28. The molecule has 2 unspecified atom stereocenters. The fraction of sp³-hybridized carbons (Fsp3) is 0.929. The van der Waals surface area contributed by atoms with Crippen molar-refractivity contribution in [2.45, 2.75) is 52.6 Å². The Morgan fingerprint density at radius 1 is 1.44 bits per heavy atom. The van der Waals surface area contributed by atoms with Gasteiger partial charge in [-0.25, -0.2) is 0 Å². The number of nitrogens with zero attached hydrogens (tertiary/aromatic N) is 1. The molecule has 2 N–H and O–H groups in total. The van der Waals surface area contributed by atoms with Crippen molar-refractivity contribution < 1.29 is 4.79 Å². The molecule has 1 aliphatic rings. The van der Waals surface area contributed by atoms with E-state index in [1.165, 1.54) is 12.8 Å². The van der Waals surface area contributed by atoms with Crippen LogP contribution in [0.4, 0.5) is 0 Å². The van der Waals surface area contributed by atoms with Crippen LogP contribution in [-0.4, -0.2) is 49.1 Å². The second kappa shape index (κ2) is 7.74. The van der Waals surface area contributed by atoms with Gasteiger partial charge in [-0.1, -0.05) is 20.8 Å². The molecule has 0 saturated carbocycles. The standard InChI is InChI=1S/C14H29N3O/c1-5-17(13-7-6-8-15-9-13)10-14(18)16-12(4)11(2)3/h11-13,15H,5-10H2,1-4H3,(H,16,18). The minimum Gasteiger partial charge on any atom is -0.352 e. The predicted molar refractivity (Wildman–Crippen MR) is 75.6 cm³/mol. The van der Waals surface area contributed by atoms with Crippen molar-refractivity contribution in [3.63, 3.8) is 0 Å². The molecule has 1 rings (SSSR count). The lowest BCUT2D eigenvalue weighted by Crippen LogP contribution is -2.50. The number of hydrogen-bond acceptors (Lipinski definition) is 3. The quantitative estimate of drug-likeness (QED) is 0.750. The smallest absolute Gasteiger partial charge is 0.234 e. The molecular weight excluding hydrogens is 226 g/mol. The molecule has 1 fully saturated rings. The third kappa shape index (κ3) is 4.94. The van der Waals surface area contributed by atoms with Crippen LogP contribution in [0.25, 0.3) is 0 Å². The Labute approximate surface area is 111 Å². The van der Waals surface area contributed by atoms with Crippen molar-refractivity contribution in [1.82, 2.24) is 15.5 Å². The van der Waals surface area contributed by atoms with E-state index in [-0.39, 0.29) is 11.9 Å². The van der Waals surface area contributed by atoms with E-state index in [9.17, 15) is 4.79 Å². The average Bonchev–Trinajstić information content (AvgIpc) is 2.36. The molecule has 0 radical (unpaired) electrons. The molecular formula is C14H29N3O. The number of amides is 1. The second-order valence-electron chi connectivity index (χ2n) is 5.66. The molecule has 0 aliphatic carbocycles. The summed E-state index contributed by atoms with van der Waals surface area (Å²) >= 11 is 0. The highest BCUT2D eigenvalue weighted by molar-refractivity contribution is 5.78. The molecule has 0 bridgehead atoms. The number of piperidine rings is 1. The number of rotatable bonds is 6. The minimum atomic E-state index is 0.156. The van der Waals surface area contributed by atoms with Crippen molar-refractivity contribution in [3.05, 3.63) is 0 Å². The largest absolute Gasteiger partial charge is 0.352 e. The zero-order valence-electron chi connectivity index (χ0n) is 12.3. The van der Waals surface area contributed by atoms with E-state index < -0.39 is 0 Å². The molecule has 0 spiro atoms. The van der Waals surface area contributed by atoms with Crippen LogP contribution < -0.4 is 10.6 Å². The van der Waals surface area contributed by atoms with Crippen LogP contribution in [0.3, 0.4) is 0 Å². The molecule has 106 valence electrons. The first kappa shape index (κ1) is 15.4. The Bertz CT molecular complexity index is 249. The van der Waals surface area contributed by atoms with Gasteiger partial charge in [-0.2, -0.15) is 0 Å². The van der Waals surface area contributed by atoms with Crippen molar-refractivity contribution in [2.75, 3.05) is 26.2 Å². The maximum absolute atomic E-state index is 12.0. The number of hydrogen-bond donors (Lipinski definition) is 2. The van der Waals surface area contributed by atoms with Crippen LogP contribution in [0.5, 0.6) is 0 Å². The zero-order chi connectivity index (χ0) is 13.5. The van der Waals surface area contributed by atoms with Crippen LogP contribution in [0.2, 0.25) is 0 Å². The maximum Gasteiger partial charge on any atom is 0.234 e. The number of carbonyl (C=O) groups excluding carboxylic acids is 1. The molecule has 4 nitrogen and oxygen atoms in total. The molecule has 4 heteroatoms. The van der Waals surface area contributed by atoms with Crippen LogP contribution in [0.15, 0.2) is 0 Å². The zero-order valence-corrected chi connectivity index (χ0v) is 12.3. The molecule has 1 heterocycles. The highest BCUT2D eigenvalue weighted by atomic mass is 16.2. The van der Waals surface area contributed by atoms with Gasteiger partial charge in [0.1, 0.15) is 0 Å². The van der Waals surface area contributed by atoms with Gasteiger partial charge in [0, 0.05) is 18.6 Å². The monoisotopic (exact) mass is 255 g/mol. The van der Waals surface area contributed by atoms with E-state index in [0.29, 0.717) is 18.5 Å². The van der Waals surface area contributed by atoms with Gasteiger partial charge in [-0.3, -0.25) is 9.69 Å². The van der Waals surface area contributed by atoms with Crippen molar-refractivity contribution >= 4 is 5.91 Å². The predicted octanol–water partition coefficient (Wildman–Crippen LogP) is 1.22. The summed E-state index contributed by atoms with van der Waals surface area (Å²) < 4.78 is 0. The highest BCUT2D eigenvalue weighted by Gasteiger charge is 2.22. The summed E-state index contributed by atoms with van der Waals surface area (Å²) in [6.07, 6.45) is 2.42. The molecule has 2 atom stereocenters. The number of nitrogens with one attached hydrogen (secondary N) is 2. The lowest BCUT2D eigenvalue weighted by atomic mass is 10.1. The van der Waals surface area contributed by atoms with Crippen LogP contribution in [0, 0.1) is 5.92 Å². The minimum absolute atomic E-state index is 0.156. The summed E-state index contributed by atoms with van der Waals surface area (Å²) in [4.78, 5) is 14.3. The van der Waals surface area contributed by atoms with Crippen LogP contribution in [-0.2, 0) is 4.79 Å². The van der Waals surface area contributed by atoms with E-state index >= 15 is 0 Å². The maximum atomic E-state index is 12.0. The summed E-state index contributed by atoms with van der Waals surface area (Å²) in [5.74, 6) is 0.643. The van der Waals surface area contributed by atoms with Crippen molar-refractivity contribution in [1.29, 1.82) is 0 Å². The Hall–Kier alpha value is -0.610. The molecule has 1 amide bonds. The Balaban J connectivity index is 2.39. The summed E-state index contributed by atoms with van der Waals surface area (Å²) in [6.45, 7) is 12.1. The lowest BCUT2D eigenvalue weighted by molar-refractivity contribution is -0.123. The van der Waals surface area contributed by atoms with Gasteiger partial charge >= 0.3 is 0 Å². The van der Waals surface area contributed by atoms with E-state index in [2.05, 4.69) is 43.2 Å². The Kier molecular flexibility index (Phi) is 6.65. The fourth-order valence-electron chi connectivity index (χ4n) is 2.29. The van der Waals surface area contributed by atoms with Gasteiger partial charge in [0.15, 0.2) is 0 Å². The SMILES string of the molecule is CCN(CC(=O)NC(C)C(C)C)C1CCCNC1. The summed E-state index contributed by atoms with van der Waals surface area (Å²) in [5, 5.41) is 6.49. The Morgan fingerprint density at radius 3 is 2.67 bits per heavy atom. The Morgan fingerprint density at radius 2 is 2.17 bits per heavy atom. The highest BCUT2D eigenvalue weighted by Crippen LogP contribution is 2.10. The van der Waals surface area contributed by atoms with Gasteiger partial charge in [0.2, 0.25) is 5.91 Å². The van der Waals surface area contributed by atoms with Crippen LogP contribution >= 0.6 is 0 Å². The third-order valence-corrected chi connectivity index (χ3v) is 3.93. The molecule has 0 aromatic carbocycles. The van der Waals surface area contributed by atoms with Gasteiger partial charge in [-0.15, -0.1) is 0 Å².